The molecule has 6 heteroatoms. The van der Waals surface area contributed by atoms with Gasteiger partial charge in [0, 0.05) is 38.6 Å². The number of hydrogen-bond donors (Lipinski definition) is 1. The molecule has 1 aromatic carbocycles. The maximum Gasteiger partial charge on any atom is 0.179 e. The SMILES string of the molecule is C[C@H]1CNCCN1Cc1cc(Cl)c2c(c1)OCCCO2.Cl. The van der Waals surface area contributed by atoms with Crippen LogP contribution in [0.3, 0.4) is 0 Å². The standard InChI is InChI=1S/C15H21ClN2O2.ClH/c1-11-9-17-3-4-18(11)10-12-7-13(16)15-14(8-12)19-5-2-6-20-15;/h7-8,11,17H,2-6,9-10H2,1H3;1H/t11-;/m0./s1. The number of fused-ring (bicyclic) bond motifs is 1. The highest BCUT2D eigenvalue weighted by Crippen LogP contribution is 2.38. The van der Waals surface area contributed by atoms with Gasteiger partial charge in [-0.15, -0.1) is 12.4 Å². The summed E-state index contributed by atoms with van der Waals surface area (Å²) in [5.74, 6) is 1.48. The van der Waals surface area contributed by atoms with Gasteiger partial charge >= 0.3 is 0 Å². The van der Waals surface area contributed by atoms with E-state index in [0.29, 0.717) is 30.0 Å². The minimum absolute atomic E-state index is 0. The van der Waals surface area contributed by atoms with Crippen molar-refractivity contribution in [1.29, 1.82) is 0 Å². The number of halogens is 2. The zero-order valence-corrected chi connectivity index (χ0v) is 13.8. The number of ether oxygens (including phenoxy) is 2. The Hall–Kier alpha value is -0.680. The summed E-state index contributed by atoms with van der Waals surface area (Å²) in [4.78, 5) is 2.46. The van der Waals surface area contributed by atoms with Crippen LogP contribution in [0.1, 0.15) is 18.9 Å². The molecular formula is C15H22Cl2N2O2. The minimum Gasteiger partial charge on any atom is -0.489 e. The molecule has 4 nitrogen and oxygen atoms in total. The summed E-state index contributed by atoms with van der Waals surface area (Å²) in [5, 5.41) is 4.06. The van der Waals surface area contributed by atoms with E-state index in [1.54, 1.807) is 0 Å². The lowest BCUT2D eigenvalue weighted by Gasteiger charge is -2.34. The van der Waals surface area contributed by atoms with E-state index in [2.05, 4.69) is 23.2 Å². The van der Waals surface area contributed by atoms with Gasteiger partial charge in [-0.3, -0.25) is 4.90 Å². The fraction of sp³-hybridized carbons (Fsp3) is 0.600. The number of rotatable bonds is 2. The molecule has 1 fully saturated rings. The Morgan fingerprint density at radius 3 is 2.95 bits per heavy atom. The van der Waals surface area contributed by atoms with Crippen LogP contribution in [-0.2, 0) is 6.54 Å². The predicted molar refractivity (Wildman–Crippen MR) is 87.0 cm³/mol. The molecule has 0 amide bonds. The molecule has 0 bridgehead atoms. The van der Waals surface area contributed by atoms with Gasteiger partial charge in [-0.1, -0.05) is 11.6 Å². The molecule has 1 N–H and O–H groups in total. The van der Waals surface area contributed by atoms with Gasteiger partial charge in [0.05, 0.1) is 18.2 Å². The first-order valence-electron chi connectivity index (χ1n) is 7.27. The average molecular weight is 333 g/mol. The van der Waals surface area contributed by atoms with Crippen LogP contribution in [0.2, 0.25) is 5.02 Å². The van der Waals surface area contributed by atoms with Crippen molar-refractivity contribution in [2.24, 2.45) is 0 Å². The Balaban J connectivity index is 0.00000161. The van der Waals surface area contributed by atoms with Gasteiger partial charge in [0.15, 0.2) is 11.5 Å². The maximum atomic E-state index is 6.34. The van der Waals surface area contributed by atoms with Crippen molar-refractivity contribution in [3.63, 3.8) is 0 Å². The van der Waals surface area contributed by atoms with Crippen molar-refractivity contribution in [2.75, 3.05) is 32.8 Å². The first kappa shape index (κ1) is 16.7. The smallest absolute Gasteiger partial charge is 0.179 e. The third kappa shape index (κ3) is 3.95. The molecule has 2 heterocycles. The van der Waals surface area contributed by atoms with Crippen LogP contribution in [0, 0.1) is 0 Å². The molecule has 1 atom stereocenters. The Kier molecular flexibility index (Phi) is 5.99. The lowest BCUT2D eigenvalue weighted by Crippen LogP contribution is -2.49. The van der Waals surface area contributed by atoms with E-state index in [4.69, 9.17) is 21.1 Å². The third-order valence-corrected chi connectivity index (χ3v) is 4.17. The van der Waals surface area contributed by atoms with Crippen LogP contribution in [0.15, 0.2) is 12.1 Å². The van der Waals surface area contributed by atoms with Crippen LogP contribution < -0.4 is 14.8 Å². The molecule has 3 rings (SSSR count). The van der Waals surface area contributed by atoms with E-state index in [1.165, 1.54) is 5.56 Å². The fourth-order valence-corrected chi connectivity index (χ4v) is 3.02. The topological polar surface area (TPSA) is 33.7 Å². The number of nitrogens with one attached hydrogen (secondary N) is 1. The van der Waals surface area contributed by atoms with E-state index < -0.39 is 0 Å². The maximum absolute atomic E-state index is 6.34. The van der Waals surface area contributed by atoms with Crippen molar-refractivity contribution in [3.8, 4) is 11.5 Å². The quantitative estimate of drug-likeness (QED) is 0.902. The highest BCUT2D eigenvalue weighted by Gasteiger charge is 2.20. The summed E-state index contributed by atoms with van der Waals surface area (Å²) in [7, 11) is 0. The van der Waals surface area contributed by atoms with Crippen molar-refractivity contribution in [1.82, 2.24) is 10.2 Å². The summed E-state index contributed by atoms with van der Waals surface area (Å²) in [6.45, 7) is 7.65. The Morgan fingerprint density at radius 1 is 1.33 bits per heavy atom. The van der Waals surface area contributed by atoms with E-state index >= 15 is 0 Å². The van der Waals surface area contributed by atoms with Crippen molar-refractivity contribution in [2.45, 2.75) is 25.9 Å². The zero-order chi connectivity index (χ0) is 13.9. The van der Waals surface area contributed by atoms with Gasteiger partial charge in [-0.05, 0) is 24.6 Å². The largest absolute Gasteiger partial charge is 0.489 e. The number of piperazine rings is 1. The molecule has 2 aliphatic rings. The van der Waals surface area contributed by atoms with Gasteiger partial charge in [0.1, 0.15) is 0 Å². The molecule has 1 aromatic rings. The number of hydrogen-bond acceptors (Lipinski definition) is 4. The molecule has 0 spiro atoms. The summed E-state index contributed by atoms with van der Waals surface area (Å²) < 4.78 is 11.4. The lowest BCUT2D eigenvalue weighted by atomic mass is 10.1. The molecule has 0 aliphatic carbocycles. The van der Waals surface area contributed by atoms with E-state index in [9.17, 15) is 0 Å². The second-order valence-electron chi connectivity index (χ2n) is 5.48. The first-order chi connectivity index (χ1) is 9.74. The monoisotopic (exact) mass is 332 g/mol. The van der Waals surface area contributed by atoms with Crippen molar-refractivity contribution >= 4 is 24.0 Å². The van der Waals surface area contributed by atoms with E-state index in [1.807, 2.05) is 6.07 Å². The first-order valence-corrected chi connectivity index (χ1v) is 7.64. The van der Waals surface area contributed by atoms with Crippen LogP contribution in [0.25, 0.3) is 0 Å². The molecule has 0 saturated carbocycles. The molecule has 2 aliphatic heterocycles. The summed E-state index contributed by atoms with van der Waals surface area (Å²) in [6.07, 6.45) is 0.898. The second-order valence-corrected chi connectivity index (χ2v) is 5.89. The molecule has 118 valence electrons. The van der Waals surface area contributed by atoms with Crippen LogP contribution >= 0.6 is 24.0 Å². The molecule has 21 heavy (non-hydrogen) atoms. The van der Waals surface area contributed by atoms with Gasteiger partial charge in [0.25, 0.3) is 0 Å². The molecule has 0 aromatic heterocycles. The summed E-state index contributed by atoms with van der Waals surface area (Å²) in [6, 6.07) is 4.61. The molecule has 0 unspecified atom stereocenters. The Bertz CT molecular complexity index is 485. The van der Waals surface area contributed by atoms with E-state index in [0.717, 1.165) is 38.3 Å². The summed E-state index contributed by atoms with van der Waals surface area (Å²) >= 11 is 6.34. The van der Waals surface area contributed by atoms with Crippen LogP contribution in [0.5, 0.6) is 11.5 Å². The van der Waals surface area contributed by atoms with Gasteiger partial charge in [-0.2, -0.15) is 0 Å². The zero-order valence-electron chi connectivity index (χ0n) is 12.2. The van der Waals surface area contributed by atoms with Gasteiger partial charge < -0.3 is 14.8 Å². The molecule has 0 radical (unpaired) electrons. The number of nitrogens with zero attached hydrogens (tertiary/aromatic N) is 1. The molecule has 1 saturated heterocycles. The predicted octanol–water partition coefficient (Wildman–Crippen LogP) is 2.72. The normalized spacial score (nSPS) is 22.3. The lowest BCUT2D eigenvalue weighted by molar-refractivity contribution is 0.165. The Labute approximate surface area is 137 Å². The highest BCUT2D eigenvalue weighted by atomic mass is 35.5. The summed E-state index contributed by atoms with van der Waals surface area (Å²) in [5.41, 5.74) is 1.19. The highest BCUT2D eigenvalue weighted by molar-refractivity contribution is 6.32. The van der Waals surface area contributed by atoms with Gasteiger partial charge in [0.2, 0.25) is 0 Å². The van der Waals surface area contributed by atoms with Gasteiger partial charge in [-0.25, -0.2) is 0 Å². The van der Waals surface area contributed by atoms with Crippen molar-refractivity contribution in [3.05, 3.63) is 22.7 Å². The fourth-order valence-electron chi connectivity index (χ4n) is 2.73. The van der Waals surface area contributed by atoms with Crippen molar-refractivity contribution < 1.29 is 9.47 Å². The van der Waals surface area contributed by atoms with Crippen LogP contribution in [0.4, 0.5) is 0 Å². The minimum atomic E-state index is 0. The number of benzene rings is 1. The third-order valence-electron chi connectivity index (χ3n) is 3.89. The van der Waals surface area contributed by atoms with E-state index in [-0.39, 0.29) is 12.4 Å². The Morgan fingerprint density at radius 2 is 2.14 bits per heavy atom. The average Bonchev–Trinajstić information content (AvgIpc) is 2.67. The second kappa shape index (κ2) is 7.54. The molecular weight excluding hydrogens is 311 g/mol. The van der Waals surface area contributed by atoms with Crippen LogP contribution in [-0.4, -0.2) is 43.8 Å².